The summed E-state index contributed by atoms with van der Waals surface area (Å²) in [6, 6.07) is 11.4. The van der Waals surface area contributed by atoms with Gasteiger partial charge in [0.05, 0.1) is 13.1 Å². The van der Waals surface area contributed by atoms with Gasteiger partial charge in [-0.3, -0.25) is 9.59 Å². The van der Waals surface area contributed by atoms with Crippen molar-refractivity contribution in [2.75, 3.05) is 13.1 Å². The van der Waals surface area contributed by atoms with Crippen molar-refractivity contribution in [3.05, 3.63) is 53.4 Å². The molecule has 0 spiro atoms. The van der Waals surface area contributed by atoms with Crippen molar-refractivity contribution in [2.45, 2.75) is 44.7 Å². The van der Waals surface area contributed by atoms with E-state index >= 15 is 0 Å². The minimum Gasteiger partial charge on any atom is -0.361 e. The summed E-state index contributed by atoms with van der Waals surface area (Å²) in [6.07, 6.45) is 3.03. The first-order valence-electron chi connectivity index (χ1n) is 9.19. The average molecular weight is 353 g/mol. The molecule has 1 atom stereocenters. The van der Waals surface area contributed by atoms with Gasteiger partial charge >= 0.3 is 0 Å². The van der Waals surface area contributed by atoms with Crippen molar-refractivity contribution < 1.29 is 14.1 Å². The van der Waals surface area contributed by atoms with Crippen LogP contribution in [0, 0.1) is 0 Å². The minimum atomic E-state index is -0.479. The Balaban J connectivity index is 1.38. The Hall–Kier alpha value is -2.63. The maximum atomic E-state index is 12.7. The zero-order chi connectivity index (χ0) is 18.1. The van der Waals surface area contributed by atoms with Gasteiger partial charge in [0.15, 0.2) is 0 Å². The minimum absolute atomic E-state index is 0.00792. The summed E-state index contributed by atoms with van der Waals surface area (Å²) in [7, 11) is 0. The molecule has 0 unspecified atom stereocenters. The van der Waals surface area contributed by atoms with Gasteiger partial charge in [-0.2, -0.15) is 0 Å². The molecule has 0 radical (unpaired) electrons. The third-order valence-corrected chi connectivity index (χ3v) is 5.19. The van der Waals surface area contributed by atoms with E-state index in [2.05, 4.69) is 5.16 Å². The Morgan fingerprint density at radius 2 is 1.96 bits per heavy atom. The van der Waals surface area contributed by atoms with Crippen LogP contribution in [0.4, 0.5) is 0 Å². The summed E-state index contributed by atoms with van der Waals surface area (Å²) in [4.78, 5) is 28.6. The Bertz CT molecular complexity index is 798. The quantitative estimate of drug-likeness (QED) is 0.800. The SMILES string of the molecule is C[C@@H]1C(=O)N(CCc2ccccc2)CC(=O)N1Cc1cc(C2CC2)on1. The van der Waals surface area contributed by atoms with Gasteiger partial charge in [0.1, 0.15) is 17.5 Å². The predicted octanol–water partition coefficient (Wildman–Crippen LogP) is 2.35. The molecule has 1 saturated carbocycles. The van der Waals surface area contributed by atoms with Crippen molar-refractivity contribution in [3.8, 4) is 0 Å². The lowest BCUT2D eigenvalue weighted by Gasteiger charge is -2.38. The van der Waals surface area contributed by atoms with E-state index in [-0.39, 0.29) is 18.4 Å². The number of aromatic nitrogens is 1. The molecule has 136 valence electrons. The molecule has 2 aliphatic rings. The molecule has 0 bridgehead atoms. The van der Waals surface area contributed by atoms with Crippen LogP contribution in [0.2, 0.25) is 0 Å². The summed E-state index contributed by atoms with van der Waals surface area (Å²) in [6.45, 7) is 2.80. The highest BCUT2D eigenvalue weighted by molar-refractivity contribution is 5.94. The number of rotatable bonds is 6. The molecule has 1 aliphatic heterocycles. The van der Waals surface area contributed by atoms with Crippen molar-refractivity contribution in [3.63, 3.8) is 0 Å². The smallest absolute Gasteiger partial charge is 0.245 e. The second kappa shape index (κ2) is 6.94. The van der Waals surface area contributed by atoms with Crippen molar-refractivity contribution in [2.24, 2.45) is 0 Å². The average Bonchev–Trinajstić information content (AvgIpc) is 3.40. The molecule has 6 nitrogen and oxygen atoms in total. The zero-order valence-electron chi connectivity index (χ0n) is 14.9. The molecular formula is C20H23N3O3. The largest absolute Gasteiger partial charge is 0.361 e. The van der Waals surface area contributed by atoms with Gasteiger partial charge in [0.25, 0.3) is 0 Å². The van der Waals surface area contributed by atoms with Crippen LogP contribution in [-0.2, 0) is 22.6 Å². The third-order valence-electron chi connectivity index (χ3n) is 5.19. The summed E-state index contributed by atoms with van der Waals surface area (Å²) in [5, 5.41) is 4.07. The first-order valence-corrected chi connectivity index (χ1v) is 9.19. The number of nitrogens with zero attached hydrogens (tertiary/aromatic N) is 3. The van der Waals surface area contributed by atoms with Gasteiger partial charge in [-0.05, 0) is 31.7 Å². The Kier molecular flexibility index (Phi) is 4.49. The van der Waals surface area contributed by atoms with Gasteiger partial charge in [0.2, 0.25) is 11.8 Å². The molecule has 2 heterocycles. The summed E-state index contributed by atoms with van der Waals surface area (Å²) in [5.74, 6) is 1.33. The molecule has 1 aromatic carbocycles. The number of hydrogen-bond donors (Lipinski definition) is 0. The monoisotopic (exact) mass is 353 g/mol. The molecule has 1 aliphatic carbocycles. The third kappa shape index (κ3) is 3.49. The predicted molar refractivity (Wildman–Crippen MR) is 95.2 cm³/mol. The normalized spacial score (nSPS) is 20.7. The summed E-state index contributed by atoms with van der Waals surface area (Å²) >= 11 is 0. The second-order valence-corrected chi connectivity index (χ2v) is 7.19. The zero-order valence-corrected chi connectivity index (χ0v) is 14.9. The molecule has 0 N–H and O–H groups in total. The molecule has 4 rings (SSSR count). The summed E-state index contributed by atoms with van der Waals surface area (Å²) in [5.41, 5.74) is 1.88. The standard InChI is InChI=1S/C20H23N3O3/c1-14-20(25)22(10-9-15-5-3-2-4-6-15)13-19(24)23(14)12-17-11-18(26-21-17)16-7-8-16/h2-6,11,14,16H,7-10,12-13H2,1H3/t14-/m1/s1. The van der Waals surface area contributed by atoms with Crippen LogP contribution < -0.4 is 0 Å². The second-order valence-electron chi connectivity index (χ2n) is 7.19. The highest BCUT2D eigenvalue weighted by Gasteiger charge is 2.37. The molecule has 1 saturated heterocycles. The Morgan fingerprint density at radius 1 is 1.19 bits per heavy atom. The molecule has 26 heavy (non-hydrogen) atoms. The van der Waals surface area contributed by atoms with Crippen LogP contribution in [-0.4, -0.2) is 45.9 Å². The van der Waals surface area contributed by atoms with Crippen LogP contribution in [0.1, 0.15) is 42.7 Å². The van der Waals surface area contributed by atoms with E-state index in [0.717, 1.165) is 36.3 Å². The number of amides is 2. The van der Waals surface area contributed by atoms with Crippen LogP contribution >= 0.6 is 0 Å². The van der Waals surface area contributed by atoms with Crippen molar-refractivity contribution >= 4 is 11.8 Å². The lowest BCUT2D eigenvalue weighted by molar-refractivity contribution is -0.155. The van der Waals surface area contributed by atoms with E-state index in [1.807, 2.05) is 36.4 Å². The number of piperazine rings is 1. The fraction of sp³-hybridized carbons (Fsp3) is 0.450. The van der Waals surface area contributed by atoms with E-state index < -0.39 is 6.04 Å². The summed E-state index contributed by atoms with van der Waals surface area (Å²) < 4.78 is 5.35. The molecule has 1 aromatic heterocycles. The van der Waals surface area contributed by atoms with Crippen LogP contribution in [0.5, 0.6) is 0 Å². The van der Waals surface area contributed by atoms with Gasteiger partial charge in [0, 0.05) is 18.5 Å². The Morgan fingerprint density at radius 3 is 2.69 bits per heavy atom. The molecule has 2 aromatic rings. The van der Waals surface area contributed by atoms with Gasteiger partial charge in [-0.1, -0.05) is 35.5 Å². The van der Waals surface area contributed by atoms with E-state index in [9.17, 15) is 9.59 Å². The van der Waals surface area contributed by atoms with E-state index in [0.29, 0.717) is 19.0 Å². The van der Waals surface area contributed by atoms with Crippen LogP contribution in [0.3, 0.4) is 0 Å². The highest BCUT2D eigenvalue weighted by atomic mass is 16.5. The van der Waals surface area contributed by atoms with Gasteiger partial charge in [-0.25, -0.2) is 0 Å². The van der Waals surface area contributed by atoms with E-state index in [4.69, 9.17) is 4.52 Å². The lowest BCUT2D eigenvalue weighted by Crippen LogP contribution is -2.58. The Labute approximate surface area is 152 Å². The number of benzene rings is 1. The number of carbonyl (C=O) groups excluding carboxylic acids is 2. The van der Waals surface area contributed by atoms with E-state index in [1.54, 1.807) is 16.7 Å². The highest BCUT2D eigenvalue weighted by Crippen LogP contribution is 2.40. The van der Waals surface area contributed by atoms with Crippen molar-refractivity contribution in [1.29, 1.82) is 0 Å². The van der Waals surface area contributed by atoms with Gasteiger partial charge < -0.3 is 14.3 Å². The topological polar surface area (TPSA) is 66.7 Å². The van der Waals surface area contributed by atoms with Crippen LogP contribution in [0.25, 0.3) is 0 Å². The maximum Gasteiger partial charge on any atom is 0.245 e. The number of hydrogen-bond acceptors (Lipinski definition) is 4. The number of carbonyl (C=O) groups is 2. The first kappa shape index (κ1) is 16.8. The maximum absolute atomic E-state index is 12.7. The molecule has 2 fully saturated rings. The fourth-order valence-corrected chi connectivity index (χ4v) is 3.41. The van der Waals surface area contributed by atoms with E-state index in [1.165, 1.54) is 0 Å². The van der Waals surface area contributed by atoms with Crippen LogP contribution in [0.15, 0.2) is 40.9 Å². The molecular weight excluding hydrogens is 330 g/mol. The van der Waals surface area contributed by atoms with Crippen molar-refractivity contribution in [1.82, 2.24) is 15.0 Å². The fourth-order valence-electron chi connectivity index (χ4n) is 3.41. The molecule has 6 heteroatoms. The lowest BCUT2D eigenvalue weighted by atomic mass is 10.1. The first-order chi connectivity index (χ1) is 12.6. The van der Waals surface area contributed by atoms with Gasteiger partial charge in [-0.15, -0.1) is 0 Å². The molecule has 2 amide bonds.